The molecule has 6 heteroatoms. The summed E-state index contributed by atoms with van der Waals surface area (Å²) in [5.41, 5.74) is 0.856. The fraction of sp³-hybridized carbons (Fsp3) is 0.400. The van der Waals surface area contributed by atoms with Gasteiger partial charge in [0.15, 0.2) is 0 Å². The first-order valence-corrected chi connectivity index (χ1v) is 8.85. The van der Waals surface area contributed by atoms with Gasteiger partial charge in [0.1, 0.15) is 17.7 Å². The predicted octanol–water partition coefficient (Wildman–Crippen LogP) is 2.52. The van der Waals surface area contributed by atoms with Gasteiger partial charge >= 0.3 is 0 Å². The molecule has 1 amide bonds. The van der Waals surface area contributed by atoms with Gasteiger partial charge in [-0.05, 0) is 24.3 Å². The minimum absolute atomic E-state index is 0.0815. The van der Waals surface area contributed by atoms with Gasteiger partial charge in [-0.15, -0.1) is 0 Å². The number of carbonyl (C=O) groups is 1. The van der Waals surface area contributed by atoms with Crippen LogP contribution in [-0.4, -0.2) is 56.2 Å². The average molecular weight is 355 g/mol. The van der Waals surface area contributed by atoms with Crippen molar-refractivity contribution in [1.29, 1.82) is 0 Å². The van der Waals surface area contributed by atoms with Crippen molar-refractivity contribution in [1.82, 2.24) is 9.88 Å². The van der Waals surface area contributed by atoms with Crippen molar-refractivity contribution in [3.63, 3.8) is 0 Å². The lowest BCUT2D eigenvalue weighted by Crippen LogP contribution is -2.42. The van der Waals surface area contributed by atoms with Crippen LogP contribution in [0.2, 0.25) is 0 Å². The van der Waals surface area contributed by atoms with Crippen LogP contribution in [0.5, 0.6) is 5.75 Å². The fourth-order valence-electron chi connectivity index (χ4n) is 2.85. The van der Waals surface area contributed by atoms with E-state index in [0.29, 0.717) is 32.7 Å². The van der Waals surface area contributed by atoms with Gasteiger partial charge in [-0.3, -0.25) is 4.79 Å². The maximum atomic E-state index is 12.5. The van der Waals surface area contributed by atoms with Crippen molar-refractivity contribution in [2.24, 2.45) is 0 Å². The Balaban J connectivity index is 1.54. The molecule has 1 atom stereocenters. The van der Waals surface area contributed by atoms with E-state index >= 15 is 0 Å². The van der Waals surface area contributed by atoms with Crippen molar-refractivity contribution >= 4 is 11.7 Å². The van der Waals surface area contributed by atoms with E-state index < -0.39 is 0 Å². The van der Waals surface area contributed by atoms with Crippen LogP contribution in [0.4, 0.5) is 5.82 Å². The van der Waals surface area contributed by atoms with Crippen LogP contribution in [0.3, 0.4) is 0 Å². The molecule has 1 fully saturated rings. The molecule has 1 aliphatic rings. The summed E-state index contributed by atoms with van der Waals surface area (Å²) in [5, 5.41) is 0. The van der Waals surface area contributed by atoms with E-state index in [2.05, 4.69) is 4.98 Å². The molecule has 0 spiro atoms. The molecule has 0 saturated carbocycles. The SMILES string of the molecule is CN(C)c1cccc([C@H]2CN(C(=O)CCOc3ccccc3)CCO2)n1. The summed E-state index contributed by atoms with van der Waals surface area (Å²) in [6, 6.07) is 15.4. The Labute approximate surface area is 154 Å². The monoisotopic (exact) mass is 355 g/mol. The van der Waals surface area contributed by atoms with E-state index in [4.69, 9.17) is 9.47 Å². The number of amides is 1. The summed E-state index contributed by atoms with van der Waals surface area (Å²) in [7, 11) is 3.91. The Kier molecular flexibility index (Phi) is 6.07. The third kappa shape index (κ3) is 4.73. The minimum Gasteiger partial charge on any atom is -0.493 e. The molecule has 0 bridgehead atoms. The predicted molar refractivity (Wildman–Crippen MR) is 100 cm³/mol. The zero-order valence-electron chi connectivity index (χ0n) is 15.3. The highest BCUT2D eigenvalue weighted by molar-refractivity contribution is 5.76. The van der Waals surface area contributed by atoms with Gasteiger partial charge in [-0.25, -0.2) is 4.98 Å². The standard InChI is InChI=1S/C20H25N3O3/c1-22(2)19-10-6-9-17(21-19)18-15-23(12-14-26-18)20(24)11-13-25-16-7-4-3-5-8-16/h3-10,18H,11-15H2,1-2H3/t18-/m1/s1. The number of benzene rings is 1. The van der Waals surface area contributed by atoms with E-state index in [1.54, 1.807) is 0 Å². The summed E-state index contributed by atoms with van der Waals surface area (Å²) in [5.74, 6) is 1.74. The summed E-state index contributed by atoms with van der Waals surface area (Å²) in [4.78, 5) is 20.9. The van der Waals surface area contributed by atoms with Crippen LogP contribution >= 0.6 is 0 Å². The lowest BCUT2D eigenvalue weighted by Gasteiger charge is -2.33. The molecule has 3 rings (SSSR count). The number of pyridine rings is 1. The summed E-state index contributed by atoms with van der Waals surface area (Å²) in [6.45, 7) is 2.02. The Hall–Kier alpha value is -2.60. The van der Waals surface area contributed by atoms with Gasteiger partial charge in [0.2, 0.25) is 5.91 Å². The molecule has 0 aliphatic carbocycles. The highest BCUT2D eigenvalue weighted by Gasteiger charge is 2.26. The fourth-order valence-corrected chi connectivity index (χ4v) is 2.85. The van der Waals surface area contributed by atoms with E-state index in [1.807, 2.05) is 72.4 Å². The molecule has 1 aromatic heterocycles. The van der Waals surface area contributed by atoms with Crippen LogP contribution < -0.4 is 9.64 Å². The van der Waals surface area contributed by atoms with Crippen LogP contribution in [0.15, 0.2) is 48.5 Å². The van der Waals surface area contributed by atoms with Gasteiger partial charge in [0.25, 0.3) is 0 Å². The van der Waals surface area contributed by atoms with Crippen LogP contribution in [0, 0.1) is 0 Å². The third-order valence-corrected chi connectivity index (χ3v) is 4.29. The molecule has 0 unspecified atom stereocenters. The minimum atomic E-state index is -0.192. The summed E-state index contributed by atoms with van der Waals surface area (Å²) < 4.78 is 11.5. The van der Waals surface area contributed by atoms with E-state index in [0.717, 1.165) is 17.3 Å². The van der Waals surface area contributed by atoms with E-state index in [1.165, 1.54) is 0 Å². The van der Waals surface area contributed by atoms with Crippen LogP contribution in [0.1, 0.15) is 18.2 Å². The van der Waals surface area contributed by atoms with Crippen LogP contribution in [0.25, 0.3) is 0 Å². The quantitative estimate of drug-likeness (QED) is 0.797. The second-order valence-electron chi connectivity index (χ2n) is 6.43. The molecule has 1 aliphatic heterocycles. The maximum absolute atomic E-state index is 12.5. The zero-order chi connectivity index (χ0) is 18.4. The normalized spacial score (nSPS) is 17.0. The molecule has 2 aromatic rings. The molecular formula is C20H25N3O3. The number of aromatic nitrogens is 1. The highest BCUT2D eigenvalue weighted by atomic mass is 16.5. The van der Waals surface area contributed by atoms with Crippen molar-refractivity contribution in [2.75, 3.05) is 45.3 Å². The van der Waals surface area contributed by atoms with Gasteiger partial charge in [-0.1, -0.05) is 24.3 Å². The van der Waals surface area contributed by atoms with Crippen molar-refractivity contribution in [3.05, 3.63) is 54.2 Å². The number of rotatable bonds is 6. The number of morpholine rings is 1. The molecular weight excluding hydrogens is 330 g/mol. The number of carbonyl (C=O) groups excluding carboxylic acids is 1. The van der Waals surface area contributed by atoms with Gasteiger partial charge < -0.3 is 19.3 Å². The van der Waals surface area contributed by atoms with Crippen molar-refractivity contribution in [3.8, 4) is 5.75 Å². The maximum Gasteiger partial charge on any atom is 0.226 e. The zero-order valence-corrected chi connectivity index (χ0v) is 15.3. The van der Waals surface area contributed by atoms with Crippen LogP contribution in [-0.2, 0) is 9.53 Å². The molecule has 26 heavy (non-hydrogen) atoms. The molecule has 0 radical (unpaired) electrons. The first kappa shape index (κ1) is 18.2. The summed E-state index contributed by atoms with van der Waals surface area (Å²) >= 11 is 0. The molecule has 1 saturated heterocycles. The van der Waals surface area contributed by atoms with E-state index in [9.17, 15) is 4.79 Å². The Morgan fingerprint density at radius 2 is 2.04 bits per heavy atom. The number of anilines is 1. The van der Waals surface area contributed by atoms with Gasteiger partial charge in [0.05, 0.1) is 31.9 Å². The number of hydrogen-bond donors (Lipinski definition) is 0. The first-order valence-electron chi connectivity index (χ1n) is 8.85. The number of hydrogen-bond acceptors (Lipinski definition) is 5. The first-order chi connectivity index (χ1) is 12.6. The Bertz CT molecular complexity index is 721. The highest BCUT2D eigenvalue weighted by Crippen LogP contribution is 2.23. The second-order valence-corrected chi connectivity index (χ2v) is 6.43. The van der Waals surface area contributed by atoms with Gasteiger partial charge in [-0.2, -0.15) is 0 Å². The second kappa shape index (κ2) is 8.67. The molecule has 0 N–H and O–H groups in total. The molecule has 1 aromatic carbocycles. The van der Waals surface area contributed by atoms with Crippen molar-refractivity contribution < 1.29 is 14.3 Å². The molecule has 138 valence electrons. The third-order valence-electron chi connectivity index (χ3n) is 4.29. The molecule has 6 nitrogen and oxygen atoms in total. The topological polar surface area (TPSA) is 54.9 Å². The Morgan fingerprint density at radius 1 is 1.23 bits per heavy atom. The Morgan fingerprint density at radius 3 is 2.81 bits per heavy atom. The number of para-hydroxylation sites is 1. The average Bonchev–Trinajstić information content (AvgIpc) is 2.69. The number of ether oxygens (including phenoxy) is 2. The lowest BCUT2D eigenvalue weighted by molar-refractivity contribution is -0.139. The van der Waals surface area contributed by atoms with Gasteiger partial charge in [0, 0.05) is 20.6 Å². The largest absolute Gasteiger partial charge is 0.493 e. The number of nitrogens with zero attached hydrogens (tertiary/aromatic N) is 3. The van der Waals surface area contributed by atoms with E-state index in [-0.39, 0.29) is 12.0 Å². The molecule has 2 heterocycles. The summed E-state index contributed by atoms with van der Waals surface area (Å²) in [6.07, 6.45) is 0.162. The lowest BCUT2D eigenvalue weighted by atomic mass is 10.1. The van der Waals surface area contributed by atoms with Crippen molar-refractivity contribution in [2.45, 2.75) is 12.5 Å². The smallest absolute Gasteiger partial charge is 0.226 e.